The van der Waals surface area contributed by atoms with Crippen molar-refractivity contribution in [3.63, 3.8) is 0 Å². The number of ether oxygens (including phenoxy) is 2. The van der Waals surface area contributed by atoms with E-state index < -0.39 is 0 Å². The Hall–Kier alpha value is -2.90. The number of benzene rings is 2. The Kier molecular flexibility index (Phi) is 6.07. The van der Waals surface area contributed by atoms with Crippen molar-refractivity contribution in [2.45, 2.75) is 6.92 Å². The van der Waals surface area contributed by atoms with Gasteiger partial charge in [0.05, 0.1) is 25.5 Å². The van der Waals surface area contributed by atoms with Crippen molar-refractivity contribution in [3.05, 3.63) is 59.5 Å². The highest BCUT2D eigenvalue weighted by Gasteiger charge is 2.14. The van der Waals surface area contributed by atoms with E-state index in [2.05, 4.69) is 15.2 Å². The lowest BCUT2D eigenvalue weighted by Crippen LogP contribution is -2.36. The maximum atomic E-state index is 12.6. The molecule has 150 valence electrons. The molecule has 29 heavy (non-hydrogen) atoms. The predicted molar refractivity (Wildman–Crippen MR) is 116 cm³/mol. The fraction of sp³-hybridized carbons (Fsp3) is 0.273. The molecule has 3 aromatic rings. The lowest BCUT2D eigenvalue weighted by atomic mass is 10.1. The molecule has 7 heteroatoms. The van der Waals surface area contributed by atoms with Gasteiger partial charge in [0.2, 0.25) is 0 Å². The number of para-hydroxylation sites is 1. The first-order valence-corrected chi connectivity index (χ1v) is 10.5. The van der Waals surface area contributed by atoms with Crippen LogP contribution in [-0.2, 0) is 4.74 Å². The first-order valence-electron chi connectivity index (χ1n) is 9.66. The highest BCUT2D eigenvalue weighted by Crippen LogP contribution is 2.32. The maximum Gasteiger partial charge on any atom is 0.257 e. The van der Waals surface area contributed by atoms with Gasteiger partial charge in [-0.1, -0.05) is 12.1 Å². The molecule has 0 saturated carbocycles. The number of hydrogen-bond donors (Lipinski definition) is 1. The standard InChI is InChI=1S/C22H23N3O3S/c1-2-28-20-6-4-3-5-18(20)19-15-29-22(23-19)24-21(26)16-7-9-17(10-8-16)25-11-13-27-14-12-25/h3-10,15H,2,11-14H2,1H3,(H,23,24,26). The highest BCUT2D eigenvalue weighted by molar-refractivity contribution is 7.14. The fourth-order valence-electron chi connectivity index (χ4n) is 3.23. The molecule has 0 radical (unpaired) electrons. The maximum absolute atomic E-state index is 12.6. The van der Waals surface area contributed by atoms with Crippen LogP contribution in [0.1, 0.15) is 17.3 Å². The number of carbonyl (C=O) groups excluding carboxylic acids is 1. The van der Waals surface area contributed by atoms with Crippen molar-refractivity contribution >= 4 is 28.1 Å². The molecule has 0 atom stereocenters. The third kappa shape index (κ3) is 4.58. The SMILES string of the molecule is CCOc1ccccc1-c1csc(NC(=O)c2ccc(N3CCOCC3)cc2)n1. The summed E-state index contributed by atoms with van der Waals surface area (Å²) in [4.78, 5) is 19.4. The van der Waals surface area contributed by atoms with Gasteiger partial charge in [0.1, 0.15) is 5.75 Å². The Morgan fingerprint density at radius 3 is 2.69 bits per heavy atom. The molecule has 1 N–H and O–H groups in total. The topological polar surface area (TPSA) is 63.7 Å². The molecule has 0 bridgehead atoms. The molecule has 2 heterocycles. The Bertz CT molecular complexity index is 965. The average Bonchev–Trinajstić information content (AvgIpc) is 3.23. The number of hydrogen-bond acceptors (Lipinski definition) is 6. The Balaban J connectivity index is 1.44. The number of morpholine rings is 1. The van der Waals surface area contributed by atoms with E-state index in [1.54, 1.807) is 0 Å². The Morgan fingerprint density at radius 1 is 1.17 bits per heavy atom. The molecule has 2 aromatic carbocycles. The molecule has 1 saturated heterocycles. The summed E-state index contributed by atoms with van der Waals surface area (Å²) in [5, 5.41) is 5.38. The van der Waals surface area contributed by atoms with Crippen LogP contribution in [0.2, 0.25) is 0 Å². The fourth-order valence-corrected chi connectivity index (χ4v) is 3.93. The molecular formula is C22H23N3O3S. The minimum atomic E-state index is -0.169. The zero-order valence-electron chi connectivity index (χ0n) is 16.3. The zero-order chi connectivity index (χ0) is 20.1. The first kappa shape index (κ1) is 19.4. The molecule has 6 nitrogen and oxygen atoms in total. The molecule has 0 unspecified atom stereocenters. The second-order valence-electron chi connectivity index (χ2n) is 6.57. The third-order valence-corrected chi connectivity index (χ3v) is 5.45. The van der Waals surface area contributed by atoms with Gasteiger partial charge >= 0.3 is 0 Å². The third-order valence-electron chi connectivity index (χ3n) is 4.69. The summed E-state index contributed by atoms with van der Waals surface area (Å²) in [6, 6.07) is 15.4. The quantitative estimate of drug-likeness (QED) is 0.658. The second kappa shape index (κ2) is 9.07. The number of carbonyl (C=O) groups is 1. The number of anilines is 2. The van der Waals surface area contributed by atoms with E-state index in [4.69, 9.17) is 9.47 Å². The van der Waals surface area contributed by atoms with Crippen molar-refractivity contribution in [3.8, 4) is 17.0 Å². The van der Waals surface area contributed by atoms with E-state index >= 15 is 0 Å². The molecule has 0 aliphatic carbocycles. The summed E-state index contributed by atoms with van der Waals surface area (Å²) in [7, 11) is 0. The van der Waals surface area contributed by atoms with E-state index in [0.717, 1.165) is 49.0 Å². The molecule has 1 amide bonds. The van der Waals surface area contributed by atoms with Crippen LogP contribution in [0.5, 0.6) is 5.75 Å². The minimum absolute atomic E-state index is 0.169. The smallest absolute Gasteiger partial charge is 0.257 e. The second-order valence-corrected chi connectivity index (χ2v) is 7.43. The summed E-state index contributed by atoms with van der Waals surface area (Å²) < 4.78 is 11.1. The van der Waals surface area contributed by atoms with Crippen LogP contribution in [-0.4, -0.2) is 43.8 Å². The highest BCUT2D eigenvalue weighted by atomic mass is 32.1. The molecule has 1 aliphatic rings. The number of nitrogens with one attached hydrogen (secondary N) is 1. The van der Waals surface area contributed by atoms with Crippen molar-refractivity contribution in [1.82, 2.24) is 4.98 Å². The van der Waals surface area contributed by atoms with E-state index in [0.29, 0.717) is 17.3 Å². The molecule has 4 rings (SSSR count). The van der Waals surface area contributed by atoms with E-state index in [-0.39, 0.29) is 5.91 Å². The number of nitrogens with zero attached hydrogens (tertiary/aromatic N) is 2. The summed E-state index contributed by atoms with van der Waals surface area (Å²) in [6.45, 7) is 5.76. The summed E-state index contributed by atoms with van der Waals surface area (Å²) in [5.74, 6) is 0.620. The van der Waals surface area contributed by atoms with Crippen LogP contribution >= 0.6 is 11.3 Å². The van der Waals surface area contributed by atoms with E-state index in [1.165, 1.54) is 11.3 Å². The number of rotatable bonds is 6. The van der Waals surface area contributed by atoms with Gasteiger partial charge in [0.15, 0.2) is 5.13 Å². The normalized spacial score (nSPS) is 13.9. The van der Waals surface area contributed by atoms with E-state index in [9.17, 15) is 4.79 Å². The van der Waals surface area contributed by atoms with Gasteiger partial charge in [0.25, 0.3) is 5.91 Å². The first-order chi connectivity index (χ1) is 14.2. The molecule has 0 spiro atoms. The van der Waals surface area contributed by atoms with Gasteiger partial charge in [-0.2, -0.15) is 0 Å². The van der Waals surface area contributed by atoms with Crippen molar-refractivity contribution < 1.29 is 14.3 Å². The van der Waals surface area contributed by atoms with Crippen LogP contribution < -0.4 is 15.0 Å². The Labute approximate surface area is 174 Å². The van der Waals surface area contributed by atoms with Crippen LogP contribution in [0.4, 0.5) is 10.8 Å². The van der Waals surface area contributed by atoms with Gasteiger partial charge in [-0.25, -0.2) is 4.98 Å². The minimum Gasteiger partial charge on any atom is -0.493 e. The van der Waals surface area contributed by atoms with Crippen molar-refractivity contribution in [2.24, 2.45) is 0 Å². The monoisotopic (exact) mass is 409 g/mol. The summed E-state index contributed by atoms with van der Waals surface area (Å²) in [5.41, 5.74) is 3.42. The largest absolute Gasteiger partial charge is 0.493 e. The van der Waals surface area contributed by atoms with Crippen LogP contribution in [0.3, 0.4) is 0 Å². The lowest BCUT2D eigenvalue weighted by molar-refractivity contribution is 0.102. The van der Waals surface area contributed by atoms with Crippen LogP contribution in [0.15, 0.2) is 53.9 Å². The van der Waals surface area contributed by atoms with Crippen molar-refractivity contribution in [1.29, 1.82) is 0 Å². The van der Waals surface area contributed by atoms with E-state index in [1.807, 2.05) is 60.8 Å². The Morgan fingerprint density at radius 2 is 1.93 bits per heavy atom. The van der Waals surface area contributed by atoms with Gasteiger partial charge < -0.3 is 14.4 Å². The van der Waals surface area contributed by atoms with Gasteiger partial charge in [-0.15, -0.1) is 11.3 Å². The number of amides is 1. The number of aromatic nitrogens is 1. The van der Waals surface area contributed by atoms with Gasteiger partial charge in [-0.05, 0) is 43.3 Å². The zero-order valence-corrected chi connectivity index (χ0v) is 17.1. The van der Waals surface area contributed by atoms with Crippen LogP contribution in [0.25, 0.3) is 11.3 Å². The molecular weight excluding hydrogens is 386 g/mol. The summed E-state index contributed by atoms with van der Waals surface area (Å²) >= 11 is 1.40. The van der Waals surface area contributed by atoms with Crippen molar-refractivity contribution in [2.75, 3.05) is 43.1 Å². The lowest BCUT2D eigenvalue weighted by Gasteiger charge is -2.28. The van der Waals surface area contributed by atoms with Gasteiger partial charge in [-0.3, -0.25) is 10.1 Å². The summed E-state index contributed by atoms with van der Waals surface area (Å²) in [6.07, 6.45) is 0. The molecule has 1 aromatic heterocycles. The number of thiazole rings is 1. The average molecular weight is 410 g/mol. The molecule has 1 aliphatic heterocycles. The van der Waals surface area contributed by atoms with Crippen LogP contribution in [0, 0.1) is 0 Å². The predicted octanol–water partition coefficient (Wildman–Crippen LogP) is 4.30. The van der Waals surface area contributed by atoms with Gasteiger partial charge in [0, 0.05) is 35.3 Å². The molecule has 1 fully saturated rings.